The highest BCUT2D eigenvalue weighted by atomic mass is 32.2. The fourth-order valence-corrected chi connectivity index (χ4v) is 8.20. The molecule has 1 aromatic rings. The fourth-order valence-electron chi connectivity index (χ4n) is 4.68. The second kappa shape index (κ2) is 9.51. The van der Waals surface area contributed by atoms with E-state index in [1.807, 2.05) is 0 Å². The lowest BCUT2D eigenvalue weighted by Gasteiger charge is -2.43. The van der Waals surface area contributed by atoms with Gasteiger partial charge in [-0.1, -0.05) is 25.2 Å². The van der Waals surface area contributed by atoms with Gasteiger partial charge < -0.3 is 0 Å². The van der Waals surface area contributed by atoms with E-state index in [9.17, 15) is 47.6 Å². The first-order chi connectivity index (χ1) is 16.0. The van der Waals surface area contributed by atoms with Crippen LogP contribution in [0.15, 0.2) is 42.0 Å². The summed E-state index contributed by atoms with van der Waals surface area (Å²) in [6.07, 6.45) is -4.08. The quantitative estimate of drug-likeness (QED) is 0.521. The van der Waals surface area contributed by atoms with Gasteiger partial charge in [-0.15, -0.1) is 0 Å². The van der Waals surface area contributed by atoms with Crippen molar-refractivity contribution in [1.82, 2.24) is 4.72 Å². The molecule has 3 rings (SSSR count). The number of sulfone groups is 1. The van der Waals surface area contributed by atoms with Crippen LogP contribution in [-0.2, 0) is 24.6 Å². The number of alkyl halides is 5. The summed E-state index contributed by atoms with van der Waals surface area (Å²) in [5, 5.41) is -1.52. The van der Waals surface area contributed by atoms with Crippen molar-refractivity contribution in [1.29, 1.82) is 0 Å². The molecule has 5 nitrogen and oxygen atoms in total. The SMILES string of the molecule is CC1C=C(C(F)(F)F)C=CC1S(=O)(=O)C1(c2cc(F)ccc2F)CCC(NS(=O)(=O)C(F)F)CC1. The molecule has 2 atom stereocenters. The Morgan fingerprint density at radius 2 is 1.66 bits per heavy atom. The van der Waals surface area contributed by atoms with Crippen LogP contribution >= 0.6 is 0 Å². The first-order valence-electron chi connectivity index (χ1n) is 10.5. The molecule has 2 unspecified atom stereocenters. The van der Waals surface area contributed by atoms with E-state index in [1.54, 1.807) is 4.72 Å². The summed E-state index contributed by atoms with van der Waals surface area (Å²) in [6.45, 7) is 1.25. The van der Waals surface area contributed by atoms with Crippen LogP contribution in [-0.4, -0.2) is 40.1 Å². The number of rotatable bonds is 6. The summed E-state index contributed by atoms with van der Waals surface area (Å²) in [5.74, 6) is -6.92. The van der Waals surface area contributed by atoms with Crippen LogP contribution in [0.4, 0.5) is 30.7 Å². The maximum Gasteiger partial charge on any atom is 0.416 e. The average Bonchev–Trinajstić information content (AvgIpc) is 2.74. The van der Waals surface area contributed by atoms with Gasteiger partial charge in [0.15, 0.2) is 9.84 Å². The van der Waals surface area contributed by atoms with Crippen LogP contribution in [0.2, 0.25) is 0 Å². The Morgan fingerprint density at radius 1 is 1.06 bits per heavy atom. The predicted molar refractivity (Wildman–Crippen MR) is 114 cm³/mol. The van der Waals surface area contributed by atoms with Crippen LogP contribution in [0.1, 0.15) is 38.2 Å². The summed E-state index contributed by atoms with van der Waals surface area (Å²) in [7, 11) is -9.56. The number of hydrogen-bond acceptors (Lipinski definition) is 4. The van der Waals surface area contributed by atoms with Crippen molar-refractivity contribution in [2.45, 2.75) is 60.6 Å². The minimum Gasteiger partial charge on any atom is -0.227 e. The van der Waals surface area contributed by atoms with E-state index in [2.05, 4.69) is 0 Å². The Balaban J connectivity index is 2.04. The predicted octanol–water partition coefficient (Wildman–Crippen LogP) is 4.72. The Kier molecular flexibility index (Phi) is 7.51. The van der Waals surface area contributed by atoms with E-state index in [0.29, 0.717) is 12.1 Å². The van der Waals surface area contributed by atoms with Gasteiger partial charge in [-0.05, 0) is 49.8 Å². The zero-order valence-electron chi connectivity index (χ0n) is 18.2. The Labute approximate surface area is 198 Å². The molecule has 0 radical (unpaired) electrons. The van der Waals surface area contributed by atoms with Gasteiger partial charge in [0.1, 0.15) is 16.4 Å². The van der Waals surface area contributed by atoms with E-state index in [1.165, 1.54) is 6.92 Å². The number of benzene rings is 1. The van der Waals surface area contributed by atoms with Crippen LogP contribution in [0, 0.1) is 17.6 Å². The van der Waals surface area contributed by atoms with Gasteiger partial charge in [0.2, 0.25) is 0 Å². The zero-order chi connectivity index (χ0) is 26.4. The smallest absolute Gasteiger partial charge is 0.227 e. The summed E-state index contributed by atoms with van der Waals surface area (Å²) in [6, 6.07) is 1.08. The third-order valence-corrected chi connectivity index (χ3v) is 10.6. The fraction of sp³-hybridized carbons (Fsp3) is 0.524. The molecule has 1 aromatic carbocycles. The highest BCUT2D eigenvalue weighted by molar-refractivity contribution is 7.93. The van der Waals surface area contributed by atoms with Crippen LogP contribution < -0.4 is 4.72 Å². The molecular weight excluding hydrogens is 527 g/mol. The maximum absolute atomic E-state index is 14.9. The first-order valence-corrected chi connectivity index (χ1v) is 13.6. The van der Waals surface area contributed by atoms with Gasteiger partial charge in [-0.25, -0.2) is 30.3 Å². The van der Waals surface area contributed by atoms with E-state index in [-0.39, 0.29) is 12.8 Å². The molecule has 0 saturated heterocycles. The highest BCUT2D eigenvalue weighted by Crippen LogP contribution is 2.49. The van der Waals surface area contributed by atoms with E-state index < -0.39 is 89.4 Å². The number of sulfonamides is 1. The Hall–Kier alpha value is -1.93. The Bertz CT molecular complexity index is 1230. The topological polar surface area (TPSA) is 80.3 Å². The van der Waals surface area contributed by atoms with Crippen molar-refractivity contribution >= 4 is 19.9 Å². The van der Waals surface area contributed by atoms with Crippen molar-refractivity contribution in [2.75, 3.05) is 0 Å². The number of allylic oxidation sites excluding steroid dienone is 3. The normalized spacial score (nSPS) is 28.3. The lowest BCUT2D eigenvalue weighted by molar-refractivity contribution is -0.0888. The molecule has 2 aliphatic rings. The molecule has 35 heavy (non-hydrogen) atoms. The molecule has 2 aliphatic carbocycles. The molecule has 14 heteroatoms. The second-order valence-electron chi connectivity index (χ2n) is 8.66. The summed E-state index contributed by atoms with van der Waals surface area (Å²) in [4.78, 5) is 0. The van der Waals surface area contributed by atoms with Crippen molar-refractivity contribution in [3.05, 3.63) is 59.2 Å². The molecule has 0 bridgehead atoms. The van der Waals surface area contributed by atoms with Crippen molar-refractivity contribution in [2.24, 2.45) is 5.92 Å². The molecule has 1 N–H and O–H groups in total. The molecule has 196 valence electrons. The molecule has 0 aromatic heterocycles. The molecular formula is C21H22F7NO4S2. The van der Waals surface area contributed by atoms with Gasteiger partial charge in [-0.2, -0.15) is 22.0 Å². The minimum atomic E-state index is -4.99. The first kappa shape index (κ1) is 27.7. The van der Waals surface area contributed by atoms with Crippen molar-refractivity contribution in [3.63, 3.8) is 0 Å². The summed E-state index contributed by atoms with van der Waals surface area (Å²) in [5.41, 5.74) is -1.59. The monoisotopic (exact) mass is 549 g/mol. The van der Waals surface area contributed by atoms with Gasteiger partial charge in [0.05, 0.1) is 10.8 Å². The molecule has 0 spiro atoms. The molecule has 1 saturated carbocycles. The largest absolute Gasteiger partial charge is 0.416 e. The lowest BCUT2D eigenvalue weighted by Crippen LogP contribution is -2.50. The summed E-state index contributed by atoms with van der Waals surface area (Å²) >= 11 is 0. The van der Waals surface area contributed by atoms with Gasteiger partial charge in [0, 0.05) is 11.6 Å². The second-order valence-corrected chi connectivity index (χ2v) is 12.8. The molecule has 0 heterocycles. The third-order valence-electron chi connectivity index (χ3n) is 6.43. The van der Waals surface area contributed by atoms with Crippen molar-refractivity contribution in [3.8, 4) is 0 Å². The molecule has 0 amide bonds. The van der Waals surface area contributed by atoms with Crippen molar-refractivity contribution < 1.29 is 47.6 Å². The van der Waals surface area contributed by atoms with E-state index in [0.717, 1.165) is 24.3 Å². The molecule has 0 aliphatic heterocycles. The molecule has 1 fully saturated rings. The standard InChI is InChI=1S/C21H22F7NO4S2/c1-12-10-13(21(26,27)28)2-5-18(12)34(30,31)20(16-11-14(22)3-4-17(16)23)8-6-15(7-9-20)29-35(32,33)19(24)25/h2-5,10-12,15,18-19,29H,6-9H2,1H3. The van der Waals surface area contributed by atoms with Crippen LogP contribution in [0.25, 0.3) is 0 Å². The van der Waals surface area contributed by atoms with Gasteiger partial charge >= 0.3 is 11.9 Å². The number of hydrogen-bond donors (Lipinski definition) is 1. The van der Waals surface area contributed by atoms with E-state index in [4.69, 9.17) is 0 Å². The zero-order valence-corrected chi connectivity index (χ0v) is 19.8. The third kappa shape index (κ3) is 5.29. The number of halogens is 7. The average molecular weight is 550 g/mol. The van der Waals surface area contributed by atoms with E-state index >= 15 is 0 Å². The Morgan fingerprint density at radius 3 is 2.17 bits per heavy atom. The van der Waals surface area contributed by atoms with Gasteiger partial charge in [0.25, 0.3) is 10.0 Å². The minimum absolute atomic E-state index is 0.310. The lowest BCUT2D eigenvalue weighted by atomic mass is 9.80. The van der Waals surface area contributed by atoms with Gasteiger partial charge in [-0.3, -0.25) is 0 Å². The highest BCUT2D eigenvalue weighted by Gasteiger charge is 2.53. The maximum atomic E-state index is 14.9. The summed E-state index contributed by atoms with van der Waals surface area (Å²) < 4.78 is 144. The van der Waals surface area contributed by atoms with Crippen LogP contribution in [0.5, 0.6) is 0 Å². The number of nitrogens with one attached hydrogen (secondary N) is 1. The van der Waals surface area contributed by atoms with Crippen LogP contribution in [0.3, 0.4) is 0 Å².